The van der Waals surface area contributed by atoms with Crippen LogP contribution in [0.3, 0.4) is 0 Å². The van der Waals surface area contributed by atoms with Crippen molar-refractivity contribution in [2.24, 2.45) is 0 Å². The molecular weight excluding hydrogens is 462 g/mol. The molecule has 4 heteroatoms. The van der Waals surface area contributed by atoms with Crippen LogP contribution in [0.25, 0.3) is 22.4 Å². The fourth-order valence-corrected chi connectivity index (χ4v) is 3.71. The van der Waals surface area contributed by atoms with Crippen molar-refractivity contribution in [2.75, 3.05) is 6.61 Å². The molecule has 0 fully saturated rings. The maximum atomic E-state index is 9.79. The SMILES string of the molecule is CCOc1cc(/C=C(/C#N)c2ccc3ccccc3c2)ccc1OCc1ccc(Br)cc1. The summed E-state index contributed by atoms with van der Waals surface area (Å²) in [5.41, 5.74) is 3.44. The summed E-state index contributed by atoms with van der Waals surface area (Å²) >= 11 is 3.45. The van der Waals surface area contributed by atoms with Gasteiger partial charge in [0.25, 0.3) is 0 Å². The van der Waals surface area contributed by atoms with E-state index in [-0.39, 0.29) is 0 Å². The predicted octanol–water partition coefficient (Wildman–Crippen LogP) is 7.64. The molecule has 0 radical (unpaired) electrons. The van der Waals surface area contributed by atoms with E-state index in [0.717, 1.165) is 31.9 Å². The smallest absolute Gasteiger partial charge is 0.161 e. The minimum atomic E-state index is 0.447. The number of fused-ring (bicyclic) bond motifs is 1. The summed E-state index contributed by atoms with van der Waals surface area (Å²) in [6, 6.07) is 30.3. The average Bonchev–Trinajstić information content (AvgIpc) is 2.83. The quantitative estimate of drug-likeness (QED) is 0.200. The average molecular weight is 484 g/mol. The highest BCUT2D eigenvalue weighted by atomic mass is 79.9. The summed E-state index contributed by atoms with van der Waals surface area (Å²) in [7, 11) is 0. The molecule has 4 aromatic carbocycles. The summed E-state index contributed by atoms with van der Waals surface area (Å²) in [5, 5.41) is 12.1. The minimum absolute atomic E-state index is 0.447. The number of nitriles is 1. The van der Waals surface area contributed by atoms with E-state index in [9.17, 15) is 5.26 Å². The van der Waals surface area contributed by atoms with E-state index < -0.39 is 0 Å². The van der Waals surface area contributed by atoms with Gasteiger partial charge < -0.3 is 9.47 Å². The molecule has 0 spiro atoms. The number of halogens is 1. The highest BCUT2D eigenvalue weighted by molar-refractivity contribution is 9.10. The molecule has 0 atom stereocenters. The first-order valence-electron chi connectivity index (χ1n) is 10.4. The van der Waals surface area contributed by atoms with Crippen LogP contribution >= 0.6 is 15.9 Å². The second kappa shape index (κ2) is 10.2. The van der Waals surface area contributed by atoms with E-state index in [1.807, 2.05) is 85.8 Å². The highest BCUT2D eigenvalue weighted by Gasteiger charge is 2.09. The van der Waals surface area contributed by atoms with Crippen molar-refractivity contribution in [2.45, 2.75) is 13.5 Å². The number of hydrogen-bond acceptors (Lipinski definition) is 3. The van der Waals surface area contributed by atoms with Gasteiger partial charge in [-0.3, -0.25) is 0 Å². The largest absolute Gasteiger partial charge is 0.490 e. The third kappa shape index (κ3) is 5.19. The van der Waals surface area contributed by atoms with Gasteiger partial charge in [0.15, 0.2) is 11.5 Å². The van der Waals surface area contributed by atoms with E-state index in [2.05, 4.69) is 34.1 Å². The predicted molar refractivity (Wildman–Crippen MR) is 134 cm³/mol. The van der Waals surface area contributed by atoms with Crippen molar-refractivity contribution < 1.29 is 9.47 Å². The lowest BCUT2D eigenvalue weighted by Crippen LogP contribution is -2.00. The molecule has 0 bridgehead atoms. The molecule has 0 amide bonds. The van der Waals surface area contributed by atoms with Crippen molar-refractivity contribution >= 4 is 38.4 Å². The second-order valence-corrected chi connectivity index (χ2v) is 8.20. The van der Waals surface area contributed by atoms with E-state index in [1.165, 1.54) is 0 Å². The molecule has 0 aliphatic carbocycles. The maximum absolute atomic E-state index is 9.79. The Kier molecular flexibility index (Phi) is 6.89. The second-order valence-electron chi connectivity index (χ2n) is 7.29. The Morgan fingerprint density at radius 3 is 2.41 bits per heavy atom. The Balaban J connectivity index is 1.60. The molecule has 0 aliphatic heterocycles. The monoisotopic (exact) mass is 483 g/mol. The molecule has 3 nitrogen and oxygen atoms in total. The van der Waals surface area contributed by atoms with Crippen molar-refractivity contribution in [3.8, 4) is 17.6 Å². The van der Waals surface area contributed by atoms with Crippen molar-refractivity contribution in [3.05, 3.63) is 106 Å². The van der Waals surface area contributed by atoms with Gasteiger partial charge in [0.1, 0.15) is 6.61 Å². The van der Waals surface area contributed by atoms with Crippen molar-refractivity contribution in [3.63, 3.8) is 0 Å². The van der Waals surface area contributed by atoms with E-state index >= 15 is 0 Å². The van der Waals surface area contributed by atoms with Crippen LogP contribution in [0, 0.1) is 11.3 Å². The Hall–Kier alpha value is -3.55. The van der Waals surface area contributed by atoms with Gasteiger partial charge in [0.2, 0.25) is 0 Å². The summed E-state index contributed by atoms with van der Waals surface area (Å²) in [5.74, 6) is 1.34. The molecule has 0 unspecified atom stereocenters. The third-order valence-electron chi connectivity index (χ3n) is 5.07. The lowest BCUT2D eigenvalue weighted by atomic mass is 10.00. The van der Waals surface area contributed by atoms with Gasteiger partial charge in [-0.1, -0.05) is 70.5 Å². The van der Waals surface area contributed by atoms with Crippen LogP contribution in [0.4, 0.5) is 0 Å². The first-order chi connectivity index (χ1) is 15.7. The molecular formula is C28H22BrNO2. The zero-order valence-corrected chi connectivity index (χ0v) is 19.3. The molecule has 4 aromatic rings. The van der Waals surface area contributed by atoms with Gasteiger partial charge in [-0.25, -0.2) is 0 Å². The molecule has 158 valence electrons. The van der Waals surface area contributed by atoms with Crippen LogP contribution in [-0.2, 0) is 6.61 Å². The molecule has 0 heterocycles. The van der Waals surface area contributed by atoms with Gasteiger partial charge in [0.05, 0.1) is 18.2 Å². The van der Waals surface area contributed by atoms with Crippen LogP contribution in [0.1, 0.15) is 23.6 Å². The Labute approximate surface area is 196 Å². The number of benzene rings is 4. The first-order valence-corrected chi connectivity index (χ1v) is 11.2. The summed E-state index contributed by atoms with van der Waals surface area (Å²) in [4.78, 5) is 0. The Morgan fingerprint density at radius 1 is 0.875 bits per heavy atom. The number of allylic oxidation sites excluding steroid dienone is 1. The minimum Gasteiger partial charge on any atom is -0.490 e. The molecule has 0 saturated heterocycles. The Morgan fingerprint density at radius 2 is 1.66 bits per heavy atom. The van der Waals surface area contributed by atoms with E-state index in [0.29, 0.717) is 30.3 Å². The van der Waals surface area contributed by atoms with E-state index in [4.69, 9.17) is 9.47 Å². The molecule has 32 heavy (non-hydrogen) atoms. The van der Waals surface area contributed by atoms with E-state index in [1.54, 1.807) is 0 Å². The summed E-state index contributed by atoms with van der Waals surface area (Å²) in [6.45, 7) is 2.91. The van der Waals surface area contributed by atoms with Gasteiger partial charge >= 0.3 is 0 Å². The number of rotatable bonds is 7. The molecule has 0 saturated carbocycles. The fourth-order valence-electron chi connectivity index (χ4n) is 3.45. The zero-order valence-electron chi connectivity index (χ0n) is 17.7. The topological polar surface area (TPSA) is 42.2 Å². The van der Waals surface area contributed by atoms with Crippen molar-refractivity contribution in [1.82, 2.24) is 0 Å². The van der Waals surface area contributed by atoms with Crippen LogP contribution in [0.5, 0.6) is 11.5 Å². The third-order valence-corrected chi connectivity index (χ3v) is 5.60. The summed E-state index contributed by atoms with van der Waals surface area (Å²) < 4.78 is 12.9. The Bertz CT molecular complexity index is 1300. The molecule has 0 N–H and O–H groups in total. The van der Waals surface area contributed by atoms with Crippen molar-refractivity contribution in [1.29, 1.82) is 5.26 Å². The molecule has 0 aliphatic rings. The first kappa shape index (κ1) is 21.7. The number of ether oxygens (including phenoxy) is 2. The summed E-state index contributed by atoms with van der Waals surface area (Å²) in [6.07, 6.45) is 1.88. The van der Waals surface area contributed by atoms with Crippen LogP contribution in [0.15, 0.2) is 89.4 Å². The normalized spacial score (nSPS) is 11.2. The zero-order chi connectivity index (χ0) is 22.3. The van der Waals surface area contributed by atoms with Crippen LogP contribution in [-0.4, -0.2) is 6.61 Å². The van der Waals surface area contributed by atoms with Gasteiger partial charge in [-0.05, 0) is 70.8 Å². The maximum Gasteiger partial charge on any atom is 0.161 e. The van der Waals surface area contributed by atoms with Gasteiger partial charge in [0, 0.05) is 4.47 Å². The molecule has 4 rings (SSSR count). The van der Waals surface area contributed by atoms with Crippen LogP contribution < -0.4 is 9.47 Å². The molecule has 0 aromatic heterocycles. The fraction of sp³-hybridized carbons (Fsp3) is 0.107. The number of nitrogens with zero attached hydrogens (tertiary/aromatic N) is 1. The van der Waals surface area contributed by atoms with Crippen LogP contribution in [0.2, 0.25) is 0 Å². The van der Waals surface area contributed by atoms with Gasteiger partial charge in [-0.2, -0.15) is 5.26 Å². The van der Waals surface area contributed by atoms with Gasteiger partial charge in [-0.15, -0.1) is 0 Å². The lowest BCUT2D eigenvalue weighted by Gasteiger charge is -2.13. The standard InChI is InChI=1S/C28H22BrNO2/c1-2-31-28-16-21(9-14-27(28)32-19-20-7-12-26(29)13-8-20)15-25(18-30)24-11-10-22-5-3-4-6-23(22)17-24/h3-17H,2,19H2,1H3/b25-15-. The highest BCUT2D eigenvalue weighted by Crippen LogP contribution is 2.31. The number of hydrogen-bond donors (Lipinski definition) is 0. The lowest BCUT2D eigenvalue weighted by molar-refractivity contribution is 0.269.